The molecular formula is C34H44F5N3O5. The number of allylic oxidation sites excluding steroid dienone is 4. The smallest absolute Gasteiger partial charge is 0.408 e. The van der Waals surface area contributed by atoms with Crippen LogP contribution in [0.5, 0.6) is 5.75 Å². The third kappa shape index (κ3) is 11.7. The highest BCUT2D eigenvalue weighted by Gasteiger charge is 2.36. The number of rotatable bonds is 9. The molecule has 1 unspecified atom stereocenters. The van der Waals surface area contributed by atoms with E-state index in [0.29, 0.717) is 17.7 Å². The van der Waals surface area contributed by atoms with Crippen molar-refractivity contribution in [2.75, 3.05) is 39.7 Å². The van der Waals surface area contributed by atoms with E-state index in [4.69, 9.17) is 4.74 Å². The molecule has 13 heteroatoms. The van der Waals surface area contributed by atoms with E-state index in [1.165, 1.54) is 11.1 Å². The van der Waals surface area contributed by atoms with E-state index in [-0.39, 0.29) is 0 Å². The molecule has 3 rings (SSSR count). The SMILES string of the molecule is C/C(=C/C(C)=C(\C=O)c1ccc(C)c2c1OCCC2)N(C)C.CC.COC(=O)CNC(=O)c1c(F)cc(NC(C)C(F)(F)F)cc1F. The van der Waals surface area contributed by atoms with Crippen LogP contribution in [0.25, 0.3) is 5.57 Å². The lowest BCUT2D eigenvalue weighted by atomic mass is 9.92. The Balaban J connectivity index is 0.000000447. The monoisotopic (exact) mass is 669 g/mol. The fourth-order valence-corrected chi connectivity index (χ4v) is 4.24. The maximum Gasteiger partial charge on any atom is 0.408 e. The fourth-order valence-electron chi connectivity index (χ4n) is 4.24. The Bertz CT molecular complexity index is 1450. The van der Waals surface area contributed by atoms with Gasteiger partial charge in [-0.15, -0.1) is 0 Å². The Hall–Kier alpha value is -4.42. The molecule has 0 aliphatic carbocycles. The average molecular weight is 670 g/mol. The van der Waals surface area contributed by atoms with Crippen molar-refractivity contribution in [2.24, 2.45) is 0 Å². The Kier molecular flexibility index (Phi) is 16.1. The minimum atomic E-state index is -4.61. The number of carbonyl (C=O) groups is 3. The van der Waals surface area contributed by atoms with Crippen molar-refractivity contribution < 1.29 is 45.8 Å². The summed E-state index contributed by atoms with van der Waals surface area (Å²) in [5.41, 5.74) is 4.68. The highest BCUT2D eigenvalue weighted by molar-refractivity contribution is 6.10. The Labute approximate surface area is 273 Å². The first kappa shape index (κ1) is 40.6. The Morgan fingerprint density at radius 2 is 1.70 bits per heavy atom. The van der Waals surface area contributed by atoms with Crippen molar-refractivity contribution in [3.05, 3.63) is 75.5 Å². The highest BCUT2D eigenvalue weighted by Crippen LogP contribution is 2.36. The third-order valence-electron chi connectivity index (χ3n) is 7.04. The van der Waals surface area contributed by atoms with E-state index in [1.807, 2.05) is 69.5 Å². The fraction of sp³-hybridized carbons (Fsp3) is 0.441. The number of hydrogen-bond donors (Lipinski definition) is 2. The number of alkyl halides is 3. The van der Waals surface area contributed by atoms with Crippen molar-refractivity contribution in [3.63, 3.8) is 0 Å². The summed E-state index contributed by atoms with van der Waals surface area (Å²) >= 11 is 0. The molecule has 0 spiro atoms. The van der Waals surface area contributed by atoms with Crippen LogP contribution in [0.3, 0.4) is 0 Å². The van der Waals surface area contributed by atoms with E-state index in [9.17, 15) is 36.3 Å². The first-order valence-electron chi connectivity index (χ1n) is 15.0. The third-order valence-corrected chi connectivity index (χ3v) is 7.04. The molecule has 0 fully saturated rings. The summed E-state index contributed by atoms with van der Waals surface area (Å²) in [6.07, 6.45) is 0.433. The van der Waals surface area contributed by atoms with Gasteiger partial charge in [0.2, 0.25) is 0 Å². The molecule has 0 radical (unpaired) electrons. The van der Waals surface area contributed by atoms with Gasteiger partial charge in [0, 0.05) is 36.6 Å². The Morgan fingerprint density at radius 3 is 2.21 bits per heavy atom. The first-order chi connectivity index (χ1) is 22.0. The molecule has 47 heavy (non-hydrogen) atoms. The van der Waals surface area contributed by atoms with E-state index >= 15 is 0 Å². The van der Waals surface area contributed by atoms with E-state index in [1.54, 1.807) is 0 Å². The summed E-state index contributed by atoms with van der Waals surface area (Å²) < 4.78 is 74.9. The number of ether oxygens (including phenoxy) is 2. The predicted molar refractivity (Wildman–Crippen MR) is 172 cm³/mol. The van der Waals surface area contributed by atoms with Crippen molar-refractivity contribution in [1.29, 1.82) is 0 Å². The van der Waals surface area contributed by atoms with Crippen molar-refractivity contribution in [3.8, 4) is 5.75 Å². The number of anilines is 1. The van der Waals surface area contributed by atoms with Gasteiger partial charge in [0.1, 0.15) is 35.5 Å². The molecule has 0 saturated carbocycles. The molecule has 1 atom stereocenters. The molecule has 1 aliphatic heterocycles. The molecule has 2 aromatic rings. The molecule has 8 nitrogen and oxygen atoms in total. The number of carbonyl (C=O) groups excluding carboxylic acids is 3. The molecule has 2 N–H and O–H groups in total. The number of nitrogens with one attached hydrogen (secondary N) is 2. The highest BCUT2D eigenvalue weighted by atomic mass is 19.4. The number of aryl methyl sites for hydroxylation is 1. The second-order valence-corrected chi connectivity index (χ2v) is 10.6. The van der Waals surface area contributed by atoms with E-state index in [0.717, 1.165) is 62.4 Å². The van der Waals surface area contributed by atoms with Gasteiger partial charge in [-0.2, -0.15) is 13.2 Å². The van der Waals surface area contributed by atoms with Crippen LogP contribution in [0.15, 0.2) is 41.6 Å². The van der Waals surface area contributed by atoms with Gasteiger partial charge in [-0.3, -0.25) is 14.4 Å². The van der Waals surface area contributed by atoms with Gasteiger partial charge >= 0.3 is 12.1 Å². The number of esters is 1. The first-order valence-corrected chi connectivity index (χ1v) is 15.0. The van der Waals surface area contributed by atoms with Crippen LogP contribution in [-0.2, 0) is 20.7 Å². The van der Waals surface area contributed by atoms with E-state index < -0.39 is 53.5 Å². The number of amides is 1. The maximum absolute atomic E-state index is 13.8. The predicted octanol–water partition coefficient (Wildman–Crippen LogP) is 7.01. The normalized spacial score (nSPS) is 13.5. The van der Waals surface area contributed by atoms with Crippen molar-refractivity contribution in [2.45, 2.75) is 66.6 Å². The summed E-state index contributed by atoms with van der Waals surface area (Å²) in [5.74, 6) is -3.92. The topological polar surface area (TPSA) is 97.0 Å². The Morgan fingerprint density at radius 1 is 1.11 bits per heavy atom. The van der Waals surface area contributed by atoms with Gasteiger partial charge in [-0.25, -0.2) is 8.78 Å². The number of halogens is 5. The molecule has 2 aromatic carbocycles. The standard InChI is InChI=1S/C19H25NO2.C13H13F5N2O3.C2H6/c1-13-8-9-17(19-16(13)7-6-10-22-19)18(12-21)14(2)11-15(3)20(4)5;1-6(13(16,17)18)20-7-3-8(14)11(9(15)4-7)12(22)19-5-10(21)23-2;1-2/h8-9,11-12H,6-7,10H2,1-5H3;3-4,6,20H,5H2,1-2H3,(H,19,22);1-2H3/b15-11-,18-14+;;. The number of hydrogen-bond acceptors (Lipinski definition) is 7. The summed E-state index contributed by atoms with van der Waals surface area (Å²) in [5, 5.41) is 3.80. The molecule has 1 amide bonds. The number of fused-ring (bicyclic) bond motifs is 1. The number of nitrogens with zero attached hydrogens (tertiary/aromatic N) is 1. The number of methoxy groups -OCH3 is 1. The van der Waals surface area contributed by atoms with Crippen molar-refractivity contribution in [1.82, 2.24) is 10.2 Å². The van der Waals surface area contributed by atoms with Gasteiger partial charge in [0.05, 0.1) is 13.7 Å². The van der Waals surface area contributed by atoms with Crippen LogP contribution in [0, 0.1) is 18.6 Å². The number of benzene rings is 2. The summed E-state index contributed by atoms with van der Waals surface area (Å²) in [4.78, 5) is 36.2. The second-order valence-electron chi connectivity index (χ2n) is 10.6. The summed E-state index contributed by atoms with van der Waals surface area (Å²) in [7, 11) is 5.05. The van der Waals surface area contributed by atoms with Gasteiger partial charge in [0.15, 0.2) is 6.29 Å². The van der Waals surface area contributed by atoms with Gasteiger partial charge in [-0.1, -0.05) is 26.0 Å². The van der Waals surface area contributed by atoms with Crippen LogP contribution >= 0.6 is 0 Å². The van der Waals surface area contributed by atoms with Crippen LogP contribution < -0.4 is 15.4 Å². The average Bonchev–Trinajstić information content (AvgIpc) is 3.01. The van der Waals surface area contributed by atoms with Crippen molar-refractivity contribution >= 4 is 29.4 Å². The lowest BCUT2D eigenvalue weighted by Crippen LogP contribution is -2.33. The summed E-state index contributed by atoms with van der Waals surface area (Å²) in [6.45, 7) is 11.0. The maximum atomic E-state index is 13.8. The number of aldehydes is 1. The molecule has 0 bridgehead atoms. The van der Waals surface area contributed by atoms with Crippen LogP contribution in [0.4, 0.5) is 27.6 Å². The van der Waals surface area contributed by atoms with Gasteiger partial charge in [-0.05, 0) is 75.4 Å². The largest absolute Gasteiger partial charge is 0.493 e. The minimum absolute atomic E-state index is 0.477. The van der Waals surface area contributed by atoms with Crippen LogP contribution in [-0.4, -0.2) is 69.6 Å². The zero-order valence-corrected chi connectivity index (χ0v) is 28.2. The van der Waals surface area contributed by atoms with E-state index in [2.05, 4.69) is 17.7 Å². The van der Waals surface area contributed by atoms with Crippen LogP contribution in [0.1, 0.15) is 68.1 Å². The quantitative estimate of drug-likeness (QED) is 0.0975. The zero-order chi connectivity index (χ0) is 36.1. The molecule has 0 saturated heterocycles. The van der Waals surface area contributed by atoms with Gasteiger partial charge in [0.25, 0.3) is 5.91 Å². The van der Waals surface area contributed by atoms with Gasteiger partial charge < -0.3 is 25.0 Å². The minimum Gasteiger partial charge on any atom is -0.493 e. The molecule has 260 valence electrons. The molecule has 1 aliphatic rings. The molecule has 1 heterocycles. The lowest BCUT2D eigenvalue weighted by molar-refractivity contribution is -0.139. The summed E-state index contributed by atoms with van der Waals surface area (Å²) in [6, 6.07) is 3.16. The molecular weight excluding hydrogens is 625 g/mol. The zero-order valence-electron chi connectivity index (χ0n) is 28.2. The molecule has 0 aromatic heterocycles. The second kappa shape index (κ2) is 18.7. The lowest BCUT2D eigenvalue weighted by Gasteiger charge is -2.23. The van der Waals surface area contributed by atoms with Crippen LogP contribution in [0.2, 0.25) is 0 Å².